The van der Waals surface area contributed by atoms with Crippen LogP contribution in [0.1, 0.15) is 15.9 Å². The predicted octanol–water partition coefficient (Wildman–Crippen LogP) is 5.14. The molecule has 0 atom stereocenters. The largest absolute Gasteiger partial charge is 0.321 e. The lowest BCUT2D eigenvalue weighted by atomic mass is 9.94. The van der Waals surface area contributed by atoms with Crippen LogP contribution in [-0.4, -0.2) is 15.8 Å². The summed E-state index contributed by atoms with van der Waals surface area (Å²) in [6.07, 6.45) is 6.34. The lowest BCUT2D eigenvalue weighted by Crippen LogP contribution is -2.18. The number of benzene rings is 2. The van der Waals surface area contributed by atoms with Crippen LogP contribution in [-0.2, 0) is 0 Å². The van der Waals surface area contributed by atoms with Gasteiger partial charge in [0.05, 0.1) is 5.56 Å². The maximum absolute atomic E-state index is 13.0. The Morgan fingerprint density at radius 2 is 1.86 bits per heavy atom. The van der Waals surface area contributed by atoms with Gasteiger partial charge in [-0.1, -0.05) is 48.0 Å². The molecule has 4 aromatic rings. The Balaban J connectivity index is 1.95. The number of aromatic nitrogens is 2. The topological polar surface area (TPSA) is 62.8 Å². The van der Waals surface area contributed by atoms with Gasteiger partial charge in [0.1, 0.15) is 0 Å². The van der Waals surface area contributed by atoms with Crippen LogP contribution in [0.25, 0.3) is 28.1 Å². The van der Waals surface area contributed by atoms with E-state index in [9.17, 15) is 9.59 Å². The highest BCUT2D eigenvalue weighted by molar-refractivity contribution is 6.31. The summed E-state index contributed by atoms with van der Waals surface area (Å²) in [7, 11) is 0. The molecule has 1 N–H and O–H groups in total. The second-order valence-electron chi connectivity index (χ2n) is 6.24. The first-order valence-corrected chi connectivity index (χ1v) is 9.05. The van der Waals surface area contributed by atoms with Crippen molar-refractivity contribution in [2.45, 2.75) is 0 Å². The number of hydrogen-bond donors (Lipinski definition) is 1. The molecule has 0 amide bonds. The minimum absolute atomic E-state index is 0.0844. The number of pyridine rings is 2. The Morgan fingerprint density at radius 3 is 2.61 bits per heavy atom. The average Bonchev–Trinajstić information content (AvgIpc) is 2.73. The summed E-state index contributed by atoms with van der Waals surface area (Å²) in [5, 5.41) is 1.25. The fourth-order valence-electron chi connectivity index (χ4n) is 3.13. The standard InChI is InChI=1S/C23H15ClN2O2/c24-17-9-10-19-18(13-17)21(16-6-2-1-3-7-16)22(23(28)26-19)20(27)11-8-15-5-4-12-25-14-15/h1-14H,(H,26,28). The molecule has 0 aliphatic rings. The molecule has 0 saturated carbocycles. The Labute approximate surface area is 166 Å². The van der Waals surface area contributed by atoms with Crippen LogP contribution >= 0.6 is 11.6 Å². The SMILES string of the molecule is O=C(C=Cc1cccnc1)c1c(-c2ccccc2)c2cc(Cl)ccc2[nH]c1=O. The van der Waals surface area contributed by atoms with Crippen molar-refractivity contribution >= 4 is 34.4 Å². The van der Waals surface area contributed by atoms with Gasteiger partial charge in [0, 0.05) is 33.9 Å². The second-order valence-corrected chi connectivity index (χ2v) is 6.68. The molecule has 2 aromatic carbocycles. The summed E-state index contributed by atoms with van der Waals surface area (Å²) in [4.78, 5) is 32.6. The van der Waals surface area contributed by atoms with Crippen LogP contribution in [0.3, 0.4) is 0 Å². The van der Waals surface area contributed by atoms with Gasteiger partial charge in [-0.25, -0.2) is 0 Å². The molecule has 0 bridgehead atoms. The number of carbonyl (C=O) groups excluding carboxylic acids is 1. The van der Waals surface area contributed by atoms with E-state index in [1.54, 1.807) is 42.7 Å². The Hall–Kier alpha value is -3.50. The van der Waals surface area contributed by atoms with Gasteiger partial charge in [-0.05, 0) is 47.5 Å². The number of nitrogens with one attached hydrogen (secondary N) is 1. The minimum atomic E-state index is -0.436. The summed E-state index contributed by atoms with van der Waals surface area (Å²) < 4.78 is 0. The number of ketones is 1. The van der Waals surface area contributed by atoms with Crippen LogP contribution in [0, 0.1) is 0 Å². The van der Waals surface area contributed by atoms with Crippen LogP contribution in [0.5, 0.6) is 0 Å². The lowest BCUT2D eigenvalue weighted by Gasteiger charge is -2.11. The van der Waals surface area contributed by atoms with Gasteiger partial charge in [0.25, 0.3) is 5.56 Å². The van der Waals surface area contributed by atoms with E-state index in [2.05, 4.69) is 9.97 Å². The van der Waals surface area contributed by atoms with Crippen LogP contribution in [0.15, 0.2) is 83.9 Å². The van der Waals surface area contributed by atoms with Crippen molar-refractivity contribution in [3.63, 3.8) is 0 Å². The summed E-state index contributed by atoms with van der Waals surface area (Å²) in [5.74, 6) is -0.383. The van der Waals surface area contributed by atoms with Crippen molar-refractivity contribution in [2.75, 3.05) is 0 Å². The van der Waals surface area contributed by atoms with Crippen molar-refractivity contribution in [3.05, 3.63) is 106 Å². The molecule has 5 heteroatoms. The van der Waals surface area contributed by atoms with Crippen LogP contribution < -0.4 is 5.56 Å². The summed E-state index contributed by atoms with van der Waals surface area (Å²) >= 11 is 6.19. The van der Waals surface area contributed by atoms with Crippen molar-refractivity contribution in [2.24, 2.45) is 0 Å². The second kappa shape index (κ2) is 7.62. The molecule has 2 aromatic heterocycles. The van der Waals surface area contributed by atoms with E-state index in [1.807, 2.05) is 36.4 Å². The number of nitrogens with zero attached hydrogens (tertiary/aromatic N) is 1. The lowest BCUT2D eigenvalue weighted by molar-refractivity contribution is 0.104. The van der Waals surface area contributed by atoms with E-state index in [0.717, 1.165) is 16.5 Å². The number of aromatic amines is 1. The molecule has 28 heavy (non-hydrogen) atoms. The highest BCUT2D eigenvalue weighted by atomic mass is 35.5. The van der Waals surface area contributed by atoms with Gasteiger partial charge in [-0.15, -0.1) is 0 Å². The zero-order chi connectivity index (χ0) is 19.5. The third-order valence-corrected chi connectivity index (χ3v) is 4.63. The first-order valence-electron chi connectivity index (χ1n) is 8.67. The highest BCUT2D eigenvalue weighted by Gasteiger charge is 2.19. The first kappa shape index (κ1) is 17.9. The average molecular weight is 387 g/mol. The molecular weight excluding hydrogens is 372 g/mol. The Bertz CT molecular complexity index is 1250. The molecule has 0 aliphatic carbocycles. The molecule has 4 nitrogen and oxygen atoms in total. The first-order chi connectivity index (χ1) is 13.6. The van der Waals surface area contributed by atoms with E-state index >= 15 is 0 Å². The highest BCUT2D eigenvalue weighted by Crippen LogP contribution is 2.31. The predicted molar refractivity (Wildman–Crippen MR) is 113 cm³/mol. The fraction of sp³-hybridized carbons (Fsp3) is 0. The Morgan fingerprint density at radius 1 is 1.04 bits per heavy atom. The maximum atomic E-state index is 13.0. The quantitative estimate of drug-likeness (QED) is 0.390. The normalized spacial score (nSPS) is 11.2. The Kier molecular flexibility index (Phi) is 4.87. The van der Waals surface area contributed by atoms with Gasteiger partial charge in [-0.2, -0.15) is 0 Å². The summed E-state index contributed by atoms with van der Waals surface area (Å²) in [6, 6.07) is 18.2. The van der Waals surface area contributed by atoms with Gasteiger partial charge >= 0.3 is 0 Å². The number of hydrogen-bond acceptors (Lipinski definition) is 3. The summed E-state index contributed by atoms with van der Waals surface area (Å²) in [5.41, 5.74) is 2.40. The molecule has 0 aliphatic heterocycles. The minimum Gasteiger partial charge on any atom is -0.321 e. The number of rotatable bonds is 4. The van der Waals surface area contributed by atoms with Crippen molar-refractivity contribution in [1.82, 2.24) is 9.97 Å². The van der Waals surface area contributed by atoms with Gasteiger partial charge in [-0.3, -0.25) is 14.6 Å². The van der Waals surface area contributed by atoms with E-state index < -0.39 is 5.56 Å². The van der Waals surface area contributed by atoms with Crippen molar-refractivity contribution in [1.29, 1.82) is 0 Å². The summed E-state index contributed by atoms with van der Waals surface area (Å²) in [6.45, 7) is 0. The molecule has 0 radical (unpaired) electrons. The molecule has 0 saturated heterocycles. The monoisotopic (exact) mass is 386 g/mol. The zero-order valence-electron chi connectivity index (χ0n) is 14.7. The van der Waals surface area contributed by atoms with E-state index in [4.69, 9.17) is 11.6 Å². The third-order valence-electron chi connectivity index (χ3n) is 4.40. The molecule has 0 spiro atoms. The third kappa shape index (κ3) is 3.50. The number of halogens is 1. The number of H-pyrrole nitrogens is 1. The van der Waals surface area contributed by atoms with Gasteiger partial charge in [0.2, 0.25) is 0 Å². The van der Waals surface area contributed by atoms with E-state index in [-0.39, 0.29) is 11.3 Å². The molecule has 2 heterocycles. The number of fused-ring (bicyclic) bond motifs is 1. The van der Waals surface area contributed by atoms with Crippen LogP contribution in [0.2, 0.25) is 5.02 Å². The maximum Gasteiger partial charge on any atom is 0.260 e. The van der Waals surface area contributed by atoms with Crippen molar-refractivity contribution < 1.29 is 4.79 Å². The smallest absolute Gasteiger partial charge is 0.260 e. The van der Waals surface area contributed by atoms with E-state index in [0.29, 0.717) is 16.1 Å². The molecule has 4 rings (SSSR count). The molecule has 0 unspecified atom stereocenters. The molecule has 0 fully saturated rings. The fourth-order valence-corrected chi connectivity index (χ4v) is 3.31. The van der Waals surface area contributed by atoms with Gasteiger partial charge < -0.3 is 4.98 Å². The van der Waals surface area contributed by atoms with E-state index in [1.165, 1.54) is 6.08 Å². The van der Waals surface area contributed by atoms with Crippen molar-refractivity contribution in [3.8, 4) is 11.1 Å². The number of carbonyl (C=O) groups is 1. The number of allylic oxidation sites excluding steroid dienone is 1. The molecular formula is C23H15ClN2O2. The zero-order valence-corrected chi connectivity index (χ0v) is 15.5. The molecule has 136 valence electrons. The van der Waals surface area contributed by atoms with Gasteiger partial charge in [0.15, 0.2) is 5.78 Å². The van der Waals surface area contributed by atoms with Crippen LogP contribution in [0.4, 0.5) is 0 Å².